The molecule has 0 radical (unpaired) electrons. The third-order valence-corrected chi connectivity index (χ3v) is 3.82. The molecule has 0 aromatic heterocycles. The lowest BCUT2D eigenvalue weighted by Crippen LogP contribution is -2.38. The number of hydrogen-bond donors (Lipinski definition) is 1. The van der Waals surface area contributed by atoms with E-state index in [1.807, 2.05) is 13.1 Å². The van der Waals surface area contributed by atoms with E-state index in [1.165, 1.54) is 5.56 Å². The van der Waals surface area contributed by atoms with E-state index < -0.39 is 0 Å². The number of nitrogens with one attached hydrogen (secondary N) is 1. The van der Waals surface area contributed by atoms with Crippen LogP contribution in [-0.2, 0) is 0 Å². The van der Waals surface area contributed by atoms with E-state index in [4.69, 9.17) is 9.47 Å². The Morgan fingerprint density at radius 1 is 1.45 bits per heavy atom. The van der Waals surface area contributed by atoms with Crippen molar-refractivity contribution in [2.24, 2.45) is 0 Å². The number of rotatable bonds is 5. The lowest BCUT2D eigenvalue weighted by molar-refractivity contribution is 0.0668. The molecule has 0 aliphatic carbocycles. The van der Waals surface area contributed by atoms with Gasteiger partial charge in [-0.15, -0.1) is 0 Å². The van der Waals surface area contributed by atoms with Crippen LogP contribution in [0.2, 0.25) is 0 Å². The molecule has 1 aromatic rings. The molecule has 2 rings (SSSR count). The fourth-order valence-corrected chi connectivity index (χ4v) is 2.86. The van der Waals surface area contributed by atoms with Gasteiger partial charge in [-0.3, -0.25) is 0 Å². The van der Waals surface area contributed by atoms with Crippen LogP contribution in [0.1, 0.15) is 58.6 Å². The first kappa shape index (κ1) is 15.2. The second-order valence-electron chi connectivity index (χ2n) is 6.32. The highest BCUT2D eigenvalue weighted by Crippen LogP contribution is 2.41. The van der Waals surface area contributed by atoms with Crippen molar-refractivity contribution in [3.05, 3.63) is 23.8 Å². The maximum Gasteiger partial charge on any atom is 0.128 e. The third-order valence-electron chi connectivity index (χ3n) is 3.82. The Labute approximate surface area is 122 Å². The van der Waals surface area contributed by atoms with Crippen LogP contribution in [0.25, 0.3) is 0 Å². The maximum atomic E-state index is 6.11. The van der Waals surface area contributed by atoms with Crippen molar-refractivity contribution in [2.45, 2.75) is 64.7 Å². The zero-order valence-corrected chi connectivity index (χ0v) is 13.3. The zero-order valence-electron chi connectivity index (χ0n) is 13.3. The van der Waals surface area contributed by atoms with Gasteiger partial charge in [-0.2, -0.15) is 0 Å². The van der Waals surface area contributed by atoms with Crippen LogP contribution in [0.4, 0.5) is 0 Å². The first-order chi connectivity index (χ1) is 9.45. The van der Waals surface area contributed by atoms with Gasteiger partial charge in [-0.1, -0.05) is 19.4 Å². The molecular weight excluding hydrogens is 250 g/mol. The lowest BCUT2D eigenvalue weighted by Gasteiger charge is -2.37. The van der Waals surface area contributed by atoms with Crippen molar-refractivity contribution in [3.63, 3.8) is 0 Å². The Bertz CT molecular complexity index is 456. The van der Waals surface area contributed by atoms with E-state index in [2.05, 4.69) is 45.1 Å². The van der Waals surface area contributed by atoms with E-state index in [0.29, 0.717) is 6.04 Å². The summed E-state index contributed by atoms with van der Waals surface area (Å²) in [4.78, 5) is 0. The largest absolute Gasteiger partial charge is 0.491 e. The molecule has 2 unspecified atom stereocenters. The van der Waals surface area contributed by atoms with E-state index in [1.54, 1.807) is 0 Å². The second kappa shape index (κ2) is 6.04. The fraction of sp³-hybridized carbons (Fsp3) is 0.647. The Kier molecular flexibility index (Phi) is 4.59. The molecule has 3 nitrogen and oxygen atoms in total. The van der Waals surface area contributed by atoms with E-state index in [9.17, 15) is 0 Å². The van der Waals surface area contributed by atoms with Gasteiger partial charge >= 0.3 is 0 Å². The summed E-state index contributed by atoms with van der Waals surface area (Å²) in [5, 5.41) is 3.38. The van der Waals surface area contributed by atoms with Gasteiger partial charge in [0.05, 0.1) is 6.10 Å². The number of hydrogen-bond acceptors (Lipinski definition) is 3. The van der Waals surface area contributed by atoms with Crippen molar-refractivity contribution in [1.29, 1.82) is 0 Å². The second-order valence-corrected chi connectivity index (χ2v) is 6.32. The summed E-state index contributed by atoms with van der Waals surface area (Å²) in [6.07, 6.45) is 3.43. The minimum Gasteiger partial charge on any atom is -0.491 e. The highest BCUT2D eigenvalue weighted by molar-refractivity contribution is 5.44. The molecule has 0 amide bonds. The fourth-order valence-electron chi connectivity index (χ4n) is 2.86. The number of ether oxygens (including phenoxy) is 2. The van der Waals surface area contributed by atoms with Crippen LogP contribution < -0.4 is 14.8 Å². The standard InChI is InChI=1S/C17H27NO2/c1-6-7-12(2)19-13-8-9-14-15(18-5)11-17(3,4)20-16(14)10-13/h8-10,12,15,18H,6-7,11H2,1-5H3. The van der Waals surface area contributed by atoms with Crippen LogP contribution in [0.15, 0.2) is 18.2 Å². The smallest absolute Gasteiger partial charge is 0.128 e. The molecule has 1 aromatic carbocycles. The summed E-state index contributed by atoms with van der Waals surface area (Å²) in [6.45, 7) is 8.56. The molecule has 1 aliphatic rings. The van der Waals surface area contributed by atoms with Crippen LogP contribution in [0.5, 0.6) is 11.5 Å². The van der Waals surface area contributed by atoms with E-state index >= 15 is 0 Å². The number of benzene rings is 1. The number of fused-ring (bicyclic) bond motifs is 1. The van der Waals surface area contributed by atoms with Gasteiger partial charge in [0.2, 0.25) is 0 Å². The highest BCUT2D eigenvalue weighted by Gasteiger charge is 2.33. The summed E-state index contributed by atoms with van der Waals surface area (Å²) in [5.74, 6) is 1.85. The van der Waals surface area contributed by atoms with Crippen LogP contribution >= 0.6 is 0 Å². The summed E-state index contributed by atoms with van der Waals surface area (Å²) in [7, 11) is 2.00. The summed E-state index contributed by atoms with van der Waals surface area (Å²) in [5.41, 5.74) is 1.08. The van der Waals surface area contributed by atoms with Gasteiger partial charge in [0.1, 0.15) is 17.1 Å². The van der Waals surface area contributed by atoms with Crippen LogP contribution in [0, 0.1) is 0 Å². The topological polar surface area (TPSA) is 30.5 Å². The molecule has 20 heavy (non-hydrogen) atoms. The summed E-state index contributed by atoms with van der Waals surface area (Å²) >= 11 is 0. The third kappa shape index (κ3) is 3.45. The van der Waals surface area contributed by atoms with Crippen LogP contribution in [0.3, 0.4) is 0 Å². The predicted molar refractivity (Wildman–Crippen MR) is 82.6 cm³/mol. The average Bonchev–Trinajstić information content (AvgIpc) is 2.36. The summed E-state index contributed by atoms with van der Waals surface area (Å²) in [6, 6.07) is 6.56. The van der Waals surface area contributed by atoms with Crippen molar-refractivity contribution >= 4 is 0 Å². The van der Waals surface area contributed by atoms with Gasteiger partial charge in [-0.05, 0) is 40.3 Å². The predicted octanol–water partition coefficient (Wildman–Crippen LogP) is 4.08. The van der Waals surface area contributed by atoms with Gasteiger partial charge in [0, 0.05) is 24.1 Å². The first-order valence-corrected chi connectivity index (χ1v) is 7.62. The molecule has 0 spiro atoms. The molecule has 0 saturated heterocycles. The van der Waals surface area contributed by atoms with Crippen molar-refractivity contribution in [2.75, 3.05) is 7.05 Å². The van der Waals surface area contributed by atoms with Gasteiger partial charge in [-0.25, -0.2) is 0 Å². The molecular formula is C17H27NO2. The van der Waals surface area contributed by atoms with E-state index in [-0.39, 0.29) is 11.7 Å². The van der Waals surface area contributed by atoms with Crippen LogP contribution in [-0.4, -0.2) is 18.8 Å². The van der Waals surface area contributed by atoms with Crippen molar-refractivity contribution < 1.29 is 9.47 Å². The molecule has 0 saturated carbocycles. The minimum absolute atomic E-state index is 0.145. The Hall–Kier alpha value is -1.22. The highest BCUT2D eigenvalue weighted by atomic mass is 16.5. The quantitative estimate of drug-likeness (QED) is 0.880. The average molecular weight is 277 g/mol. The van der Waals surface area contributed by atoms with Crippen molar-refractivity contribution in [3.8, 4) is 11.5 Å². The molecule has 0 bridgehead atoms. The molecule has 1 aliphatic heterocycles. The monoisotopic (exact) mass is 277 g/mol. The maximum absolute atomic E-state index is 6.11. The van der Waals surface area contributed by atoms with Gasteiger partial charge in [0.25, 0.3) is 0 Å². The zero-order chi connectivity index (χ0) is 14.8. The molecule has 1 N–H and O–H groups in total. The lowest BCUT2D eigenvalue weighted by atomic mass is 9.90. The SMILES string of the molecule is CCCC(C)Oc1ccc2c(c1)OC(C)(C)CC2NC. The molecule has 2 atom stereocenters. The first-order valence-electron chi connectivity index (χ1n) is 7.62. The molecule has 0 fully saturated rings. The summed E-state index contributed by atoms with van der Waals surface area (Å²) < 4.78 is 12.1. The van der Waals surface area contributed by atoms with Crippen molar-refractivity contribution in [1.82, 2.24) is 5.32 Å². The minimum atomic E-state index is -0.145. The molecule has 3 heteroatoms. The van der Waals surface area contributed by atoms with E-state index in [0.717, 1.165) is 30.8 Å². The Balaban J connectivity index is 2.21. The Morgan fingerprint density at radius 3 is 2.85 bits per heavy atom. The van der Waals surface area contributed by atoms with Gasteiger partial charge in [0.15, 0.2) is 0 Å². The molecule has 1 heterocycles. The normalized spacial score (nSPS) is 21.8. The molecule has 112 valence electrons. The van der Waals surface area contributed by atoms with Gasteiger partial charge < -0.3 is 14.8 Å². The Morgan fingerprint density at radius 2 is 2.20 bits per heavy atom.